The van der Waals surface area contributed by atoms with Crippen LogP contribution in [0.1, 0.15) is 37.5 Å². The smallest absolute Gasteiger partial charge is 0.221 e. The Morgan fingerprint density at radius 2 is 1.76 bits per heavy atom. The molecule has 5 heteroatoms. The fourth-order valence-electron chi connectivity index (χ4n) is 3.19. The molecule has 2 N–H and O–H groups in total. The van der Waals surface area contributed by atoms with E-state index in [4.69, 9.17) is 15.2 Å². The molecule has 150 valence electrons. The highest BCUT2D eigenvalue weighted by atomic mass is 16.5. The van der Waals surface area contributed by atoms with E-state index in [-0.39, 0.29) is 5.41 Å². The zero-order valence-electron chi connectivity index (χ0n) is 17.6. The van der Waals surface area contributed by atoms with Gasteiger partial charge < -0.3 is 15.2 Å². The van der Waals surface area contributed by atoms with Crippen LogP contribution in [-0.2, 0) is 5.41 Å². The van der Waals surface area contributed by atoms with E-state index in [1.54, 1.807) is 32.7 Å². The Morgan fingerprint density at radius 3 is 2.38 bits per heavy atom. The third kappa shape index (κ3) is 4.57. The van der Waals surface area contributed by atoms with Gasteiger partial charge in [-0.3, -0.25) is 0 Å². The number of aromatic nitrogens is 2. The summed E-state index contributed by atoms with van der Waals surface area (Å²) in [7, 11) is 3.34. The van der Waals surface area contributed by atoms with Crippen molar-refractivity contribution in [2.24, 2.45) is 0 Å². The molecule has 3 rings (SSSR count). The van der Waals surface area contributed by atoms with Gasteiger partial charge in [0.1, 0.15) is 11.6 Å². The molecule has 0 unspecified atom stereocenters. The standard InChI is InChI=1S/C24H27N3O2/c1-24(2,3)20-14-18(19-7-6-12-26-23(19)29-5)13-17(22(20)28-4)10-8-16-9-11-21(25)27-15-16/h6-15H,1-5H3,(H2,25,27). The Labute approximate surface area is 172 Å². The second-order valence-corrected chi connectivity index (χ2v) is 7.81. The lowest BCUT2D eigenvalue weighted by molar-refractivity contribution is 0.396. The molecule has 3 aromatic rings. The summed E-state index contributed by atoms with van der Waals surface area (Å²) in [6, 6.07) is 11.9. The Balaban J connectivity index is 2.19. The van der Waals surface area contributed by atoms with Crippen LogP contribution in [0.2, 0.25) is 0 Å². The second-order valence-electron chi connectivity index (χ2n) is 7.81. The van der Waals surface area contributed by atoms with Crippen LogP contribution >= 0.6 is 0 Å². The lowest BCUT2D eigenvalue weighted by Gasteiger charge is -2.25. The normalized spacial score (nSPS) is 11.6. The minimum Gasteiger partial charge on any atom is -0.496 e. The predicted molar refractivity (Wildman–Crippen MR) is 119 cm³/mol. The number of hydrogen-bond donors (Lipinski definition) is 1. The van der Waals surface area contributed by atoms with Gasteiger partial charge in [-0.15, -0.1) is 0 Å². The van der Waals surface area contributed by atoms with E-state index < -0.39 is 0 Å². The number of nitrogens with zero attached hydrogens (tertiary/aromatic N) is 2. The highest BCUT2D eigenvalue weighted by molar-refractivity contribution is 5.80. The maximum atomic E-state index is 5.82. The fraction of sp³-hybridized carbons (Fsp3) is 0.250. The van der Waals surface area contributed by atoms with Crippen molar-refractivity contribution in [3.05, 3.63) is 65.5 Å². The lowest BCUT2D eigenvalue weighted by Crippen LogP contribution is -2.14. The van der Waals surface area contributed by atoms with Crippen LogP contribution in [0.3, 0.4) is 0 Å². The zero-order valence-corrected chi connectivity index (χ0v) is 17.6. The number of nitrogen functional groups attached to an aromatic ring is 1. The molecule has 0 amide bonds. The van der Waals surface area contributed by atoms with Gasteiger partial charge in [-0.2, -0.15) is 0 Å². The quantitative estimate of drug-likeness (QED) is 0.648. The first kappa shape index (κ1) is 20.4. The van der Waals surface area contributed by atoms with E-state index in [1.165, 1.54) is 0 Å². The minimum absolute atomic E-state index is 0.109. The molecule has 0 spiro atoms. The highest BCUT2D eigenvalue weighted by Crippen LogP contribution is 2.40. The van der Waals surface area contributed by atoms with Crippen LogP contribution in [0.4, 0.5) is 5.82 Å². The third-order valence-electron chi connectivity index (χ3n) is 4.67. The number of anilines is 1. The van der Waals surface area contributed by atoms with Crippen molar-refractivity contribution in [1.29, 1.82) is 0 Å². The molecule has 0 aliphatic rings. The van der Waals surface area contributed by atoms with Gasteiger partial charge >= 0.3 is 0 Å². The van der Waals surface area contributed by atoms with Gasteiger partial charge in [-0.1, -0.05) is 32.9 Å². The molecule has 0 aliphatic carbocycles. The average Bonchev–Trinajstić information content (AvgIpc) is 2.72. The Bertz CT molecular complexity index is 1020. The number of methoxy groups -OCH3 is 2. The van der Waals surface area contributed by atoms with Gasteiger partial charge in [0.15, 0.2) is 0 Å². The molecular formula is C24H27N3O2. The van der Waals surface area contributed by atoms with Crippen LogP contribution in [0.5, 0.6) is 11.6 Å². The molecule has 1 aromatic carbocycles. The summed E-state index contributed by atoms with van der Waals surface area (Å²) in [5.74, 6) is 1.94. The molecule has 29 heavy (non-hydrogen) atoms. The number of pyridine rings is 2. The molecule has 0 fully saturated rings. The SMILES string of the molecule is COc1ncccc1-c1cc(C=Cc2ccc(N)nc2)c(OC)c(C(C)(C)C)c1. The average molecular weight is 389 g/mol. The predicted octanol–water partition coefficient (Wildman–Crippen LogP) is 5.21. The van der Waals surface area contributed by atoms with Crippen molar-refractivity contribution in [2.45, 2.75) is 26.2 Å². The largest absolute Gasteiger partial charge is 0.496 e. The van der Waals surface area contributed by atoms with Gasteiger partial charge in [-0.05, 0) is 52.9 Å². The molecule has 0 saturated carbocycles. The summed E-state index contributed by atoms with van der Waals surface area (Å²) < 4.78 is 11.3. The Morgan fingerprint density at radius 1 is 0.966 bits per heavy atom. The van der Waals surface area contributed by atoms with Crippen LogP contribution in [0.25, 0.3) is 23.3 Å². The first-order chi connectivity index (χ1) is 13.8. The van der Waals surface area contributed by atoms with E-state index in [0.29, 0.717) is 11.7 Å². The van der Waals surface area contributed by atoms with Crippen molar-refractivity contribution >= 4 is 18.0 Å². The fourth-order valence-corrected chi connectivity index (χ4v) is 3.19. The first-order valence-corrected chi connectivity index (χ1v) is 9.45. The zero-order chi connectivity index (χ0) is 21.0. The number of hydrogen-bond acceptors (Lipinski definition) is 5. The van der Waals surface area contributed by atoms with Gasteiger partial charge in [0.05, 0.1) is 14.2 Å². The topological polar surface area (TPSA) is 70.3 Å². The van der Waals surface area contributed by atoms with Crippen molar-refractivity contribution in [3.63, 3.8) is 0 Å². The van der Waals surface area contributed by atoms with E-state index in [1.807, 2.05) is 30.4 Å². The molecular weight excluding hydrogens is 362 g/mol. The number of ether oxygens (including phenoxy) is 2. The van der Waals surface area contributed by atoms with Gasteiger partial charge in [0.25, 0.3) is 0 Å². The monoisotopic (exact) mass is 389 g/mol. The second kappa shape index (κ2) is 8.35. The maximum absolute atomic E-state index is 5.82. The van der Waals surface area contributed by atoms with Crippen LogP contribution < -0.4 is 15.2 Å². The van der Waals surface area contributed by atoms with E-state index in [0.717, 1.165) is 33.6 Å². The Hall–Kier alpha value is -3.34. The van der Waals surface area contributed by atoms with Crippen LogP contribution in [0, 0.1) is 0 Å². The van der Waals surface area contributed by atoms with E-state index in [2.05, 4.69) is 42.9 Å². The lowest BCUT2D eigenvalue weighted by atomic mass is 9.83. The van der Waals surface area contributed by atoms with Crippen molar-refractivity contribution in [3.8, 4) is 22.8 Å². The summed E-state index contributed by atoms with van der Waals surface area (Å²) in [6.07, 6.45) is 7.51. The number of rotatable bonds is 5. The van der Waals surface area contributed by atoms with Crippen LogP contribution in [-0.4, -0.2) is 24.2 Å². The highest BCUT2D eigenvalue weighted by Gasteiger charge is 2.23. The van der Waals surface area contributed by atoms with E-state index >= 15 is 0 Å². The van der Waals surface area contributed by atoms with E-state index in [9.17, 15) is 0 Å². The summed E-state index contributed by atoms with van der Waals surface area (Å²) in [4.78, 5) is 8.50. The summed E-state index contributed by atoms with van der Waals surface area (Å²) in [5.41, 5.74) is 10.6. The molecule has 0 bridgehead atoms. The third-order valence-corrected chi connectivity index (χ3v) is 4.67. The van der Waals surface area contributed by atoms with Gasteiger partial charge in [0, 0.05) is 29.1 Å². The molecule has 0 radical (unpaired) electrons. The Kier molecular flexibility index (Phi) is 5.87. The van der Waals surface area contributed by atoms with Gasteiger partial charge in [-0.25, -0.2) is 9.97 Å². The molecule has 2 aromatic heterocycles. The first-order valence-electron chi connectivity index (χ1n) is 9.45. The summed E-state index contributed by atoms with van der Waals surface area (Å²) >= 11 is 0. The summed E-state index contributed by atoms with van der Waals surface area (Å²) in [6.45, 7) is 6.52. The minimum atomic E-state index is -0.109. The molecule has 5 nitrogen and oxygen atoms in total. The molecule has 0 aliphatic heterocycles. The van der Waals surface area contributed by atoms with Gasteiger partial charge in [0.2, 0.25) is 5.88 Å². The van der Waals surface area contributed by atoms with Crippen molar-refractivity contribution in [1.82, 2.24) is 9.97 Å². The summed E-state index contributed by atoms with van der Waals surface area (Å²) in [5, 5.41) is 0. The molecule has 0 saturated heterocycles. The number of nitrogens with two attached hydrogens (primary N) is 1. The van der Waals surface area contributed by atoms with Crippen molar-refractivity contribution < 1.29 is 9.47 Å². The molecule has 0 atom stereocenters. The van der Waals surface area contributed by atoms with Crippen molar-refractivity contribution in [2.75, 3.05) is 20.0 Å². The van der Waals surface area contributed by atoms with Crippen LogP contribution in [0.15, 0.2) is 48.8 Å². The number of benzene rings is 1. The molecule has 2 heterocycles. The maximum Gasteiger partial charge on any atom is 0.221 e.